The maximum atomic E-state index is 12.4. The van der Waals surface area contributed by atoms with Crippen LogP contribution in [0.5, 0.6) is 0 Å². The van der Waals surface area contributed by atoms with Crippen LogP contribution in [-0.2, 0) is 4.79 Å². The normalized spacial score (nSPS) is 12.9. The van der Waals surface area contributed by atoms with E-state index >= 15 is 0 Å². The van der Waals surface area contributed by atoms with Crippen LogP contribution in [0.15, 0.2) is 30.3 Å². The molecule has 0 aliphatic carbocycles. The summed E-state index contributed by atoms with van der Waals surface area (Å²) in [4.78, 5) is 37.1. The lowest BCUT2D eigenvalue weighted by Crippen LogP contribution is -2.45. The van der Waals surface area contributed by atoms with Gasteiger partial charge in [-0.2, -0.15) is 0 Å². The molecule has 8 heteroatoms. The molecule has 138 valence electrons. The topological polar surface area (TPSA) is 101 Å². The smallest absolute Gasteiger partial charge is 0.270 e. The Hall–Kier alpha value is -2.74. The van der Waals surface area contributed by atoms with Gasteiger partial charge in [-0.25, -0.2) is 0 Å². The van der Waals surface area contributed by atoms with Gasteiger partial charge in [-0.1, -0.05) is 6.07 Å². The van der Waals surface area contributed by atoms with Crippen LogP contribution in [0.25, 0.3) is 0 Å². The Balaban J connectivity index is 2.00. The van der Waals surface area contributed by atoms with Crippen LogP contribution in [-0.4, -0.2) is 22.8 Å². The van der Waals surface area contributed by atoms with E-state index in [1.54, 1.807) is 18.3 Å². The van der Waals surface area contributed by atoms with Gasteiger partial charge in [-0.05, 0) is 45.4 Å². The molecular formula is C18H21N3O4S. The van der Waals surface area contributed by atoms with E-state index in [1.807, 2.05) is 26.8 Å². The number of nitro groups is 1. The fourth-order valence-corrected chi connectivity index (χ4v) is 3.63. The second-order valence-electron chi connectivity index (χ2n) is 6.10. The van der Waals surface area contributed by atoms with Crippen molar-refractivity contribution in [2.24, 2.45) is 0 Å². The molecule has 1 heterocycles. The van der Waals surface area contributed by atoms with Gasteiger partial charge in [0.2, 0.25) is 5.91 Å². The van der Waals surface area contributed by atoms with Gasteiger partial charge in [0.15, 0.2) is 0 Å². The van der Waals surface area contributed by atoms with E-state index in [-0.39, 0.29) is 23.2 Å². The maximum Gasteiger partial charge on any atom is 0.270 e. The third-order valence-electron chi connectivity index (χ3n) is 3.96. The summed E-state index contributed by atoms with van der Waals surface area (Å²) in [6.07, 6.45) is 0. The minimum absolute atomic E-state index is 0.135. The summed E-state index contributed by atoms with van der Waals surface area (Å²) in [5.41, 5.74) is 1.01. The molecular weight excluding hydrogens is 354 g/mol. The summed E-state index contributed by atoms with van der Waals surface area (Å²) in [5, 5.41) is 16.3. The Morgan fingerprint density at radius 1 is 1.15 bits per heavy atom. The van der Waals surface area contributed by atoms with E-state index in [0.717, 1.165) is 10.4 Å². The average Bonchev–Trinajstić information content (AvgIpc) is 2.93. The largest absolute Gasteiger partial charge is 0.348 e. The summed E-state index contributed by atoms with van der Waals surface area (Å²) in [7, 11) is 0. The zero-order valence-electron chi connectivity index (χ0n) is 15.0. The lowest BCUT2D eigenvalue weighted by Gasteiger charge is -2.18. The Morgan fingerprint density at radius 2 is 1.85 bits per heavy atom. The predicted octanol–water partition coefficient (Wildman–Crippen LogP) is 3.27. The first-order valence-corrected chi connectivity index (χ1v) is 8.93. The van der Waals surface area contributed by atoms with Gasteiger partial charge in [-0.3, -0.25) is 19.7 Å². The second-order valence-corrected chi connectivity index (χ2v) is 7.56. The predicted molar refractivity (Wildman–Crippen MR) is 100 cm³/mol. The maximum absolute atomic E-state index is 12.4. The van der Waals surface area contributed by atoms with Gasteiger partial charge < -0.3 is 10.6 Å². The first-order chi connectivity index (χ1) is 12.2. The third-order valence-corrected chi connectivity index (χ3v) is 4.95. The Labute approximate surface area is 155 Å². The van der Waals surface area contributed by atoms with Crippen molar-refractivity contribution in [3.05, 3.63) is 61.3 Å². The average molecular weight is 375 g/mol. The van der Waals surface area contributed by atoms with Crippen molar-refractivity contribution in [3.63, 3.8) is 0 Å². The van der Waals surface area contributed by atoms with Crippen LogP contribution in [0.3, 0.4) is 0 Å². The summed E-state index contributed by atoms with van der Waals surface area (Å²) >= 11 is 1.67. The monoisotopic (exact) mass is 375 g/mol. The quantitative estimate of drug-likeness (QED) is 0.597. The Bertz CT molecular complexity index is 847. The van der Waals surface area contributed by atoms with E-state index in [9.17, 15) is 19.7 Å². The number of carbonyl (C=O) groups is 2. The van der Waals surface area contributed by atoms with E-state index in [2.05, 4.69) is 10.6 Å². The number of non-ortho nitro benzene ring substituents is 1. The molecule has 7 nitrogen and oxygen atoms in total. The number of nitrogens with zero attached hydrogens (tertiary/aromatic N) is 1. The van der Waals surface area contributed by atoms with Crippen LogP contribution in [0.4, 0.5) is 5.69 Å². The molecule has 0 fully saturated rings. The van der Waals surface area contributed by atoms with E-state index in [0.29, 0.717) is 0 Å². The number of amides is 2. The number of hydrogen-bond acceptors (Lipinski definition) is 5. The number of aryl methyl sites for hydroxylation is 2. The number of hydrogen-bond donors (Lipinski definition) is 2. The van der Waals surface area contributed by atoms with Crippen LogP contribution in [0.1, 0.15) is 45.6 Å². The zero-order valence-corrected chi connectivity index (χ0v) is 15.8. The standard InChI is InChI=1S/C18H21N3O4S/c1-10-8-16(13(4)26-10)11(2)19-17(22)12(3)20-18(23)14-6-5-7-15(9-14)21(24)25/h5-9,11-12H,1-4H3,(H,19,22)(H,20,23)/t11-,12+/m0/s1. The molecule has 0 saturated carbocycles. The van der Waals surface area contributed by atoms with Gasteiger partial charge in [-0.15, -0.1) is 11.3 Å². The number of thiophene rings is 1. The molecule has 2 atom stereocenters. The van der Waals surface area contributed by atoms with Gasteiger partial charge in [0.1, 0.15) is 6.04 Å². The Kier molecular flexibility index (Phi) is 6.10. The van der Waals surface area contributed by atoms with Crippen molar-refractivity contribution >= 4 is 28.8 Å². The van der Waals surface area contributed by atoms with Crippen molar-refractivity contribution in [1.82, 2.24) is 10.6 Å². The van der Waals surface area contributed by atoms with Gasteiger partial charge in [0.05, 0.1) is 11.0 Å². The summed E-state index contributed by atoms with van der Waals surface area (Å²) in [5.74, 6) is -0.855. The van der Waals surface area contributed by atoms with E-state index in [1.165, 1.54) is 29.1 Å². The van der Waals surface area contributed by atoms with Crippen LogP contribution < -0.4 is 10.6 Å². The molecule has 2 N–H and O–H groups in total. The summed E-state index contributed by atoms with van der Waals surface area (Å²) in [6, 6.07) is 6.47. The molecule has 26 heavy (non-hydrogen) atoms. The number of carbonyl (C=O) groups excluding carboxylic acids is 2. The molecule has 0 bridgehead atoms. The van der Waals surface area contributed by atoms with Crippen LogP contribution in [0, 0.1) is 24.0 Å². The minimum atomic E-state index is -0.774. The highest BCUT2D eigenvalue weighted by atomic mass is 32.1. The molecule has 0 aliphatic rings. The van der Waals surface area contributed by atoms with Crippen LogP contribution in [0.2, 0.25) is 0 Å². The molecule has 2 amide bonds. The lowest BCUT2D eigenvalue weighted by atomic mass is 10.1. The fourth-order valence-electron chi connectivity index (χ4n) is 2.60. The van der Waals surface area contributed by atoms with Crippen molar-refractivity contribution in [2.45, 2.75) is 39.8 Å². The van der Waals surface area contributed by atoms with Crippen molar-refractivity contribution in [1.29, 1.82) is 0 Å². The molecule has 0 radical (unpaired) electrons. The van der Waals surface area contributed by atoms with Crippen LogP contribution >= 0.6 is 11.3 Å². The Morgan fingerprint density at radius 3 is 2.42 bits per heavy atom. The highest BCUT2D eigenvalue weighted by Crippen LogP contribution is 2.26. The molecule has 1 aromatic carbocycles. The second kappa shape index (κ2) is 8.09. The van der Waals surface area contributed by atoms with Gasteiger partial charge in [0.25, 0.3) is 11.6 Å². The van der Waals surface area contributed by atoms with Gasteiger partial charge >= 0.3 is 0 Å². The number of nitrogens with one attached hydrogen (secondary N) is 2. The van der Waals surface area contributed by atoms with Gasteiger partial charge in [0, 0.05) is 27.5 Å². The highest BCUT2D eigenvalue weighted by molar-refractivity contribution is 7.12. The minimum Gasteiger partial charge on any atom is -0.348 e. The highest BCUT2D eigenvalue weighted by Gasteiger charge is 2.21. The summed E-state index contributed by atoms with van der Waals surface area (Å²) < 4.78 is 0. The molecule has 2 rings (SSSR count). The lowest BCUT2D eigenvalue weighted by molar-refractivity contribution is -0.384. The molecule has 0 spiro atoms. The molecule has 2 aromatic rings. The molecule has 1 aromatic heterocycles. The zero-order chi connectivity index (χ0) is 19.4. The van der Waals surface area contributed by atoms with E-state index in [4.69, 9.17) is 0 Å². The van der Waals surface area contributed by atoms with Crippen molar-refractivity contribution < 1.29 is 14.5 Å². The third kappa shape index (κ3) is 4.66. The SMILES string of the molecule is Cc1cc([C@H](C)NC(=O)[C@@H](C)NC(=O)c2cccc([N+](=O)[O-])c2)c(C)s1. The molecule has 0 aliphatic heterocycles. The number of benzene rings is 1. The van der Waals surface area contributed by atoms with Crippen molar-refractivity contribution in [3.8, 4) is 0 Å². The van der Waals surface area contributed by atoms with Crippen molar-refractivity contribution in [2.75, 3.05) is 0 Å². The summed E-state index contributed by atoms with van der Waals surface area (Å²) in [6.45, 7) is 7.48. The fraction of sp³-hybridized carbons (Fsp3) is 0.333. The van der Waals surface area contributed by atoms with E-state index < -0.39 is 16.9 Å². The molecule has 0 unspecified atom stereocenters. The molecule has 0 saturated heterocycles. The number of rotatable bonds is 6. The number of nitro benzene ring substituents is 1. The first kappa shape index (κ1) is 19.6. The first-order valence-electron chi connectivity index (χ1n) is 8.11.